The van der Waals surface area contributed by atoms with Crippen molar-refractivity contribution in [3.8, 4) is 11.5 Å². The summed E-state index contributed by atoms with van der Waals surface area (Å²) in [5.41, 5.74) is 0. The number of ether oxygens (including phenoxy) is 1. The molecule has 0 aliphatic carbocycles. The minimum Gasteiger partial charge on any atom is -0.457 e. The van der Waals surface area contributed by atoms with Gasteiger partial charge >= 0.3 is 0 Å². The van der Waals surface area contributed by atoms with Crippen LogP contribution in [0.1, 0.15) is 0 Å². The zero-order chi connectivity index (χ0) is 16.3. The van der Waals surface area contributed by atoms with Gasteiger partial charge in [0.05, 0.1) is 4.90 Å². The Morgan fingerprint density at radius 2 is 1.62 bits per heavy atom. The Morgan fingerprint density at radius 1 is 1.00 bits per heavy atom. The third-order valence-corrected chi connectivity index (χ3v) is 5.65. The van der Waals surface area contributed by atoms with E-state index in [0.29, 0.717) is 24.6 Å². The molecule has 2 unspecified atom stereocenters. The van der Waals surface area contributed by atoms with Gasteiger partial charge in [-0.3, -0.25) is 0 Å². The van der Waals surface area contributed by atoms with Crippen LogP contribution in [0, 0.1) is 0 Å². The van der Waals surface area contributed by atoms with E-state index >= 15 is 0 Å². The van der Waals surface area contributed by atoms with Gasteiger partial charge < -0.3 is 10.1 Å². The third kappa shape index (κ3) is 4.64. The summed E-state index contributed by atoms with van der Waals surface area (Å²) >= 11 is 4.37. The van der Waals surface area contributed by atoms with Gasteiger partial charge in [0.15, 0.2) is 0 Å². The first kappa shape index (κ1) is 19.1. The molecular weight excluding hydrogens is 368 g/mol. The van der Waals surface area contributed by atoms with Crippen molar-refractivity contribution in [1.82, 2.24) is 10.0 Å². The molecule has 1 aliphatic heterocycles. The molecule has 130 valence electrons. The lowest BCUT2D eigenvalue weighted by atomic mass is 10.3. The van der Waals surface area contributed by atoms with Crippen LogP contribution >= 0.6 is 25.0 Å². The highest BCUT2D eigenvalue weighted by Gasteiger charge is 2.28. The molecule has 0 radical (unpaired) electrons. The first-order chi connectivity index (χ1) is 11.0. The number of halogens is 1. The number of thiol groups is 1. The lowest BCUT2D eigenvalue weighted by Crippen LogP contribution is -2.40. The molecular formula is C16H19ClN2O3S2. The second-order valence-corrected chi connectivity index (χ2v) is 7.72. The van der Waals surface area contributed by atoms with Gasteiger partial charge in [0, 0.05) is 24.4 Å². The van der Waals surface area contributed by atoms with Crippen LogP contribution in [0.5, 0.6) is 11.5 Å². The Balaban J connectivity index is 0.00000208. The third-order valence-electron chi connectivity index (χ3n) is 3.60. The molecule has 5 nitrogen and oxygen atoms in total. The zero-order valence-electron chi connectivity index (χ0n) is 12.8. The maximum absolute atomic E-state index is 12.4. The normalized spacial score (nSPS) is 20.4. The average Bonchev–Trinajstić information content (AvgIpc) is 2.93. The molecule has 0 spiro atoms. The number of hydrogen-bond donors (Lipinski definition) is 3. The number of benzene rings is 2. The monoisotopic (exact) mass is 386 g/mol. The fraction of sp³-hybridized carbons (Fsp3) is 0.250. The maximum Gasteiger partial charge on any atom is 0.240 e. The molecule has 0 amide bonds. The Bertz CT molecular complexity index is 755. The van der Waals surface area contributed by atoms with E-state index in [1.807, 2.05) is 30.3 Å². The highest BCUT2D eigenvalue weighted by Crippen LogP contribution is 2.23. The average molecular weight is 387 g/mol. The van der Waals surface area contributed by atoms with Gasteiger partial charge in [-0.05, 0) is 36.4 Å². The molecule has 24 heavy (non-hydrogen) atoms. The molecule has 1 fully saturated rings. The summed E-state index contributed by atoms with van der Waals surface area (Å²) in [6, 6.07) is 15.5. The molecule has 3 rings (SSSR count). The first-order valence-electron chi connectivity index (χ1n) is 7.29. The molecule has 0 bridgehead atoms. The van der Waals surface area contributed by atoms with Crippen LogP contribution in [0.3, 0.4) is 0 Å². The predicted octanol–water partition coefficient (Wildman–Crippen LogP) is 2.45. The Hall–Kier alpha value is -1.25. The van der Waals surface area contributed by atoms with Crippen molar-refractivity contribution in [1.29, 1.82) is 0 Å². The number of para-hydroxylation sites is 1. The van der Waals surface area contributed by atoms with Gasteiger partial charge in [0.1, 0.15) is 11.5 Å². The molecule has 2 atom stereocenters. The summed E-state index contributed by atoms with van der Waals surface area (Å²) in [6.45, 7) is 1.28. The topological polar surface area (TPSA) is 67.4 Å². The van der Waals surface area contributed by atoms with Crippen molar-refractivity contribution in [3.05, 3.63) is 54.6 Å². The fourth-order valence-corrected chi connectivity index (χ4v) is 4.05. The molecule has 0 aromatic heterocycles. The van der Waals surface area contributed by atoms with E-state index < -0.39 is 10.0 Å². The van der Waals surface area contributed by atoms with Gasteiger partial charge in [0.25, 0.3) is 0 Å². The Morgan fingerprint density at radius 3 is 2.21 bits per heavy atom. The maximum atomic E-state index is 12.4. The van der Waals surface area contributed by atoms with E-state index in [9.17, 15) is 8.42 Å². The first-order valence-corrected chi connectivity index (χ1v) is 9.29. The van der Waals surface area contributed by atoms with Crippen molar-refractivity contribution >= 4 is 35.1 Å². The Kier molecular flexibility index (Phi) is 6.54. The number of nitrogens with one attached hydrogen (secondary N) is 2. The van der Waals surface area contributed by atoms with Gasteiger partial charge in [-0.15, -0.1) is 12.4 Å². The van der Waals surface area contributed by atoms with Crippen LogP contribution in [0.2, 0.25) is 0 Å². The van der Waals surface area contributed by atoms with Crippen LogP contribution in [-0.2, 0) is 10.0 Å². The Labute approximate surface area is 153 Å². The van der Waals surface area contributed by atoms with E-state index in [1.54, 1.807) is 12.1 Å². The number of sulfonamides is 1. The molecule has 2 aromatic carbocycles. The highest BCUT2D eigenvalue weighted by molar-refractivity contribution is 7.89. The largest absolute Gasteiger partial charge is 0.457 e. The summed E-state index contributed by atoms with van der Waals surface area (Å²) in [5, 5.41) is 3.09. The standard InChI is InChI=1S/C16H18N2O3S2.ClH/c19-23(20,18-15-10-17-11-16(15)22)14-8-6-13(7-9-14)21-12-4-2-1-3-5-12;/h1-9,15-18,22H,10-11H2;1H. The van der Waals surface area contributed by atoms with Crippen molar-refractivity contribution in [3.63, 3.8) is 0 Å². The second kappa shape index (κ2) is 8.22. The number of hydrogen-bond acceptors (Lipinski definition) is 5. The summed E-state index contributed by atoms with van der Waals surface area (Å²) in [6.07, 6.45) is 0. The second-order valence-electron chi connectivity index (χ2n) is 5.34. The van der Waals surface area contributed by atoms with Gasteiger partial charge in [-0.2, -0.15) is 12.6 Å². The minimum absolute atomic E-state index is 0. The molecule has 2 aromatic rings. The fourth-order valence-electron chi connectivity index (χ4n) is 2.36. The van der Waals surface area contributed by atoms with E-state index in [-0.39, 0.29) is 28.6 Å². The summed E-state index contributed by atoms with van der Waals surface area (Å²) < 4.78 is 33.1. The van der Waals surface area contributed by atoms with Crippen molar-refractivity contribution in [2.45, 2.75) is 16.2 Å². The van der Waals surface area contributed by atoms with E-state index in [1.165, 1.54) is 12.1 Å². The SMILES string of the molecule is Cl.O=S(=O)(NC1CNCC1S)c1ccc(Oc2ccccc2)cc1. The molecule has 8 heteroatoms. The number of rotatable bonds is 5. The van der Waals surface area contributed by atoms with E-state index in [2.05, 4.69) is 22.7 Å². The van der Waals surface area contributed by atoms with Gasteiger partial charge in [0.2, 0.25) is 10.0 Å². The van der Waals surface area contributed by atoms with Crippen molar-refractivity contribution < 1.29 is 13.2 Å². The summed E-state index contributed by atoms with van der Waals surface area (Å²) in [4.78, 5) is 0.213. The van der Waals surface area contributed by atoms with E-state index in [4.69, 9.17) is 4.74 Å². The zero-order valence-corrected chi connectivity index (χ0v) is 15.3. The molecule has 0 saturated carbocycles. The van der Waals surface area contributed by atoms with Crippen LogP contribution in [0.15, 0.2) is 59.5 Å². The van der Waals surface area contributed by atoms with Gasteiger partial charge in [-0.25, -0.2) is 13.1 Å². The minimum atomic E-state index is -3.56. The van der Waals surface area contributed by atoms with Gasteiger partial charge in [-0.1, -0.05) is 18.2 Å². The van der Waals surface area contributed by atoms with Crippen LogP contribution in [0.25, 0.3) is 0 Å². The quantitative estimate of drug-likeness (QED) is 0.690. The highest BCUT2D eigenvalue weighted by atomic mass is 35.5. The summed E-state index contributed by atoms with van der Waals surface area (Å²) in [7, 11) is -3.56. The smallest absolute Gasteiger partial charge is 0.240 e. The molecule has 1 saturated heterocycles. The van der Waals surface area contributed by atoms with Crippen molar-refractivity contribution in [2.24, 2.45) is 0 Å². The lowest BCUT2D eigenvalue weighted by Gasteiger charge is -2.16. The van der Waals surface area contributed by atoms with Crippen LogP contribution < -0.4 is 14.8 Å². The van der Waals surface area contributed by atoms with Crippen molar-refractivity contribution in [2.75, 3.05) is 13.1 Å². The van der Waals surface area contributed by atoms with E-state index in [0.717, 1.165) is 0 Å². The summed E-state index contributed by atoms with van der Waals surface area (Å²) in [5.74, 6) is 1.29. The molecule has 1 heterocycles. The predicted molar refractivity (Wildman–Crippen MR) is 100.0 cm³/mol. The molecule has 1 aliphatic rings. The molecule has 2 N–H and O–H groups in total. The lowest BCUT2D eigenvalue weighted by molar-refractivity contribution is 0.482. The van der Waals surface area contributed by atoms with Crippen LogP contribution in [-0.4, -0.2) is 32.8 Å². The van der Waals surface area contributed by atoms with Crippen LogP contribution in [0.4, 0.5) is 0 Å².